The molecule has 2 N–H and O–H groups in total. The Morgan fingerprint density at radius 2 is 2.00 bits per heavy atom. The lowest BCUT2D eigenvalue weighted by Gasteiger charge is -2.35. The largest absolute Gasteiger partial charge is 0.336 e. The van der Waals surface area contributed by atoms with Gasteiger partial charge in [0.15, 0.2) is 0 Å². The number of nitrogens with zero attached hydrogens (tertiary/aromatic N) is 3. The molecular formula is C10H19N5. The van der Waals surface area contributed by atoms with Gasteiger partial charge in [-0.1, -0.05) is 6.92 Å². The molecule has 2 rings (SSSR count). The Morgan fingerprint density at radius 1 is 1.33 bits per heavy atom. The summed E-state index contributed by atoms with van der Waals surface area (Å²) in [4.78, 5) is 6.69. The lowest BCUT2D eigenvalue weighted by molar-refractivity contribution is 0.403. The van der Waals surface area contributed by atoms with Crippen LogP contribution in [0.25, 0.3) is 0 Å². The van der Waals surface area contributed by atoms with Crippen LogP contribution in [0.1, 0.15) is 26.6 Å². The van der Waals surface area contributed by atoms with E-state index < -0.39 is 0 Å². The summed E-state index contributed by atoms with van der Waals surface area (Å²) in [6.07, 6.45) is 0.907. The Hall–Kier alpha value is -1.10. The second kappa shape index (κ2) is 4.18. The van der Waals surface area contributed by atoms with Crippen LogP contribution in [0.15, 0.2) is 0 Å². The van der Waals surface area contributed by atoms with Gasteiger partial charge in [0.1, 0.15) is 5.82 Å². The highest BCUT2D eigenvalue weighted by Gasteiger charge is 2.23. The third-order valence-electron chi connectivity index (χ3n) is 2.70. The number of nitrogens with one attached hydrogen (secondary N) is 2. The monoisotopic (exact) mass is 209 g/mol. The summed E-state index contributed by atoms with van der Waals surface area (Å²) < 4.78 is 0. The van der Waals surface area contributed by atoms with Crippen LogP contribution < -0.4 is 10.2 Å². The third kappa shape index (κ3) is 2.28. The second-order valence-electron chi connectivity index (χ2n) is 4.31. The van der Waals surface area contributed by atoms with Gasteiger partial charge in [0, 0.05) is 31.6 Å². The Bertz CT molecular complexity index is 311. The number of hydrogen-bond donors (Lipinski definition) is 2. The Morgan fingerprint density at radius 3 is 2.53 bits per heavy atom. The normalized spacial score (nSPS) is 27.0. The molecule has 2 heterocycles. The lowest BCUT2D eigenvalue weighted by Crippen LogP contribution is -2.54. The summed E-state index contributed by atoms with van der Waals surface area (Å²) in [6, 6.07) is 0.995. The highest BCUT2D eigenvalue weighted by Crippen LogP contribution is 2.12. The molecule has 0 radical (unpaired) electrons. The average Bonchev–Trinajstić information content (AvgIpc) is 2.64. The topological polar surface area (TPSA) is 56.8 Å². The SMILES string of the molecule is CCc1nc(N2CC(C)NC(C)C2)n[nH]1. The quantitative estimate of drug-likeness (QED) is 0.747. The summed E-state index contributed by atoms with van der Waals surface area (Å²) in [5, 5.41) is 10.7. The number of H-pyrrole nitrogens is 1. The van der Waals surface area contributed by atoms with E-state index in [1.54, 1.807) is 0 Å². The molecule has 5 nitrogen and oxygen atoms in total. The van der Waals surface area contributed by atoms with E-state index in [1.807, 2.05) is 0 Å². The zero-order valence-electron chi connectivity index (χ0n) is 9.62. The number of piperazine rings is 1. The van der Waals surface area contributed by atoms with Gasteiger partial charge in [-0.2, -0.15) is 4.98 Å². The van der Waals surface area contributed by atoms with E-state index in [4.69, 9.17) is 0 Å². The average molecular weight is 209 g/mol. The van der Waals surface area contributed by atoms with Gasteiger partial charge >= 0.3 is 0 Å². The first-order valence-corrected chi connectivity index (χ1v) is 5.61. The molecule has 1 aromatic rings. The van der Waals surface area contributed by atoms with Gasteiger partial charge in [0.2, 0.25) is 5.95 Å². The number of aryl methyl sites for hydroxylation is 1. The van der Waals surface area contributed by atoms with Gasteiger partial charge in [-0.05, 0) is 13.8 Å². The molecule has 1 saturated heterocycles. The highest BCUT2D eigenvalue weighted by atomic mass is 15.4. The Balaban J connectivity index is 2.09. The molecular weight excluding hydrogens is 190 g/mol. The van der Waals surface area contributed by atoms with Crippen LogP contribution in [0.2, 0.25) is 0 Å². The molecule has 1 aromatic heterocycles. The lowest BCUT2D eigenvalue weighted by atomic mass is 10.1. The van der Waals surface area contributed by atoms with Crippen molar-refractivity contribution >= 4 is 5.95 Å². The van der Waals surface area contributed by atoms with E-state index in [0.29, 0.717) is 12.1 Å². The number of rotatable bonds is 2. The van der Waals surface area contributed by atoms with E-state index in [-0.39, 0.29) is 0 Å². The molecule has 0 aromatic carbocycles. The van der Waals surface area contributed by atoms with Gasteiger partial charge in [0.25, 0.3) is 0 Å². The van der Waals surface area contributed by atoms with E-state index in [0.717, 1.165) is 31.3 Å². The van der Waals surface area contributed by atoms with E-state index >= 15 is 0 Å². The predicted octanol–water partition coefficient (Wildman–Crippen LogP) is 0.554. The zero-order valence-corrected chi connectivity index (χ0v) is 9.62. The minimum atomic E-state index is 0.498. The molecule has 0 saturated carbocycles. The van der Waals surface area contributed by atoms with Crippen LogP contribution in [0.5, 0.6) is 0 Å². The fourth-order valence-electron chi connectivity index (χ4n) is 2.07. The molecule has 15 heavy (non-hydrogen) atoms. The first kappa shape index (κ1) is 10.4. The second-order valence-corrected chi connectivity index (χ2v) is 4.31. The molecule has 5 heteroatoms. The number of hydrogen-bond acceptors (Lipinski definition) is 4. The zero-order chi connectivity index (χ0) is 10.8. The van der Waals surface area contributed by atoms with Crippen molar-refractivity contribution in [1.29, 1.82) is 0 Å². The van der Waals surface area contributed by atoms with E-state index in [9.17, 15) is 0 Å². The fourth-order valence-corrected chi connectivity index (χ4v) is 2.07. The van der Waals surface area contributed by atoms with Crippen molar-refractivity contribution in [3.63, 3.8) is 0 Å². The molecule has 1 aliphatic rings. The van der Waals surface area contributed by atoms with Crippen LogP contribution >= 0.6 is 0 Å². The van der Waals surface area contributed by atoms with Crippen molar-refractivity contribution in [2.75, 3.05) is 18.0 Å². The van der Waals surface area contributed by atoms with Crippen molar-refractivity contribution in [3.05, 3.63) is 5.82 Å². The summed E-state index contributed by atoms with van der Waals surface area (Å²) >= 11 is 0. The van der Waals surface area contributed by atoms with Gasteiger partial charge in [-0.15, -0.1) is 5.10 Å². The number of aromatic amines is 1. The third-order valence-corrected chi connectivity index (χ3v) is 2.70. The maximum absolute atomic E-state index is 4.45. The first-order valence-electron chi connectivity index (χ1n) is 5.61. The van der Waals surface area contributed by atoms with Crippen molar-refractivity contribution in [1.82, 2.24) is 20.5 Å². The predicted molar refractivity (Wildman–Crippen MR) is 60.0 cm³/mol. The molecule has 0 amide bonds. The molecule has 1 fully saturated rings. The highest BCUT2D eigenvalue weighted by molar-refractivity contribution is 5.30. The maximum atomic E-state index is 4.45. The van der Waals surface area contributed by atoms with Crippen LogP contribution in [-0.2, 0) is 6.42 Å². The minimum Gasteiger partial charge on any atom is -0.336 e. The molecule has 84 valence electrons. The molecule has 0 spiro atoms. The number of anilines is 1. The van der Waals surface area contributed by atoms with Gasteiger partial charge < -0.3 is 10.2 Å². The first-order chi connectivity index (χ1) is 7.19. The van der Waals surface area contributed by atoms with E-state index in [1.165, 1.54) is 0 Å². The maximum Gasteiger partial charge on any atom is 0.244 e. The van der Waals surface area contributed by atoms with Crippen LogP contribution in [0, 0.1) is 0 Å². The van der Waals surface area contributed by atoms with Crippen LogP contribution in [0.3, 0.4) is 0 Å². The Labute approximate surface area is 90.3 Å². The summed E-state index contributed by atoms with van der Waals surface area (Å²) in [6.45, 7) is 8.41. The van der Waals surface area contributed by atoms with Crippen molar-refractivity contribution < 1.29 is 0 Å². The van der Waals surface area contributed by atoms with Crippen molar-refractivity contribution in [3.8, 4) is 0 Å². The smallest absolute Gasteiger partial charge is 0.244 e. The van der Waals surface area contributed by atoms with Crippen molar-refractivity contribution in [2.45, 2.75) is 39.3 Å². The minimum absolute atomic E-state index is 0.498. The molecule has 2 unspecified atom stereocenters. The Kier molecular flexibility index (Phi) is 2.90. The fraction of sp³-hybridized carbons (Fsp3) is 0.800. The molecule has 1 aliphatic heterocycles. The summed E-state index contributed by atoms with van der Waals surface area (Å²) in [5.74, 6) is 1.80. The van der Waals surface area contributed by atoms with Gasteiger partial charge in [0.05, 0.1) is 0 Å². The van der Waals surface area contributed by atoms with Crippen molar-refractivity contribution in [2.24, 2.45) is 0 Å². The van der Waals surface area contributed by atoms with Crippen LogP contribution in [0.4, 0.5) is 5.95 Å². The molecule has 0 aliphatic carbocycles. The van der Waals surface area contributed by atoms with Crippen LogP contribution in [-0.4, -0.2) is 40.4 Å². The summed E-state index contributed by atoms with van der Waals surface area (Å²) in [7, 11) is 0. The van der Waals surface area contributed by atoms with E-state index in [2.05, 4.69) is 46.2 Å². The number of aromatic nitrogens is 3. The standard InChI is InChI=1S/C10H19N5/c1-4-9-12-10(14-13-9)15-5-7(2)11-8(3)6-15/h7-8,11H,4-6H2,1-3H3,(H,12,13,14). The molecule has 0 bridgehead atoms. The van der Waals surface area contributed by atoms with Gasteiger partial charge in [-0.3, -0.25) is 5.10 Å². The molecule has 2 atom stereocenters. The van der Waals surface area contributed by atoms with Gasteiger partial charge in [-0.25, -0.2) is 0 Å². The summed E-state index contributed by atoms with van der Waals surface area (Å²) in [5.41, 5.74) is 0.